The maximum absolute atomic E-state index is 7.57. The number of nitrogen functional groups attached to an aromatic ring is 1. The van der Waals surface area contributed by atoms with E-state index in [1.165, 1.54) is 4.88 Å². The Morgan fingerprint density at radius 3 is 3.00 bits per heavy atom. The molecule has 6 heteroatoms. The maximum Gasteiger partial charge on any atom is 0.125 e. The molecule has 0 aliphatic rings. The Kier molecular flexibility index (Phi) is 3.98. The third-order valence-corrected chi connectivity index (χ3v) is 4.20. The summed E-state index contributed by atoms with van der Waals surface area (Å²) in [5.74, 6) is 0.0617. The highest BCUT2D eigenvalue weighted by Crippen LogP contribution is 2.24. The highest BCUT2D eigenvalue weighted by molar-refractivity contribution is 9.10. The minimum absolute atomic E-state index is 0.0617. The highest BCUT2D eigenvalue weighted by atomic mass is 79.9. The number of nitrogens with zero attached hydrogens (tertiary/aromatic N) is 2. The van der Waals surface area contributed by atoms with Crippen LogP contribution in [0.25, 0.3) is 0 Å². The number of aromatic nitrogens is 1. The van der Waals surface area contributed by atoms with Gasteiger partial charge in [-0.25, -0.2) is 0 Å². The van der Waals surface area contributed by atoms with Crippen LogP contribution in [0.4, 0.5) is 5.69 Å². The molecule has 0 fully saturated rings. The zero-order valence-corrected chi connectivity index (χ0v) is 12.3. The molecule has 2 aromatic rings. The minimum atomic E-state index is 0.0617. The van der Waals surface area contributed by atoms with Gasteiger partial charge in [-0.1, -0.05) is 0 Å². The predicted octanol–water partition coefficient (Wildman–Crippen LogP) is 2.83. The van der Waals surface area contributed by atoms with Crippen LogP contribution >= 0.6 is 27.3 Å². The molecule has 0 saturated carbocycles. The van der Waals surface area contributed by atoms with Crippen molar-refractivity contribution in [1.82, 2.24) is 4.98 Å². The quantitative estimate of drug-likeness (QED) is 0.671. The van der Waals surface area contributed by atoms with Crippen LogP contribution in [0, 0.1) is 5.41 Å². The molecular weight excluding hydrogens is 312 g/mol. The number of rotatable bonds is 4. The van der Waals surface area contributed by atoms with Crippen LogP contribution in [0.15, 0.2) is 34.4 Å². The molecule has 0 amide bonds. The third-order valence-electron chi connectivity index (χ3n) is 2.52. The molecule has 0 spiro atoms. The lowest BCUT2D eigenvalue weighted by molar-refractivity contribution is 0.931. The van der Waals surface area contributed by atoms with Gasteiger partial charge in [0.1, 0.15) is 5.84 Å². The molecular formula is C12H13BrN4S. The molecule has 94 valence electrons. The van der Waals surface area contributed by atoms with Crippen molar-refractivity contribution in [2.75, 3.05) is 11.9 Å². The third kappa shape index (κ3) is 2.88. The summed E-state index contributed by atoms with van der Waals surface area (Å²) in [7, 11) is 1.97. The number of hydrogen-bond donors (Lipinski definition) is 2. The Morgan fingerprint density at radius 2 is 2.39 bits per heavy atom. The van der Waals surface area contributed by atoms with E-state index in [0.717, 1.165) is 16.7 Å². The number of amidine groups is 1. The second kappa shape index (κ2) is 5.49. The second-order valence-corrected chi connectivity index (χ2v) is 5.81. The molecule has 4 nitrogen and oxygen atoms in total. The van der Waals surface area contributed by atoms with Crippen LogP contribution < -0.4 is 10.6 Å². The lowest BCUT2D eigenvalue weighted by Crippen LogP contribution is -2.21. The van der Waals surface area contributed by atoms with Crippen LogP contribution in [0.1, 0.15) is 10.4 Å². The Bertz CT molecular complexity index is 567. The van der Waals surface area contributed by atoms with Gasteiger partial charge in [-0.15, -0.1) is 11.3 Å². The van der Waals surface area contributed by atoms with Crippen molar-refractivity contribution in [3.63, 3.8) is 0 Å². The number of nitrogens with one attached hydrogen (secondary N) is 1. The predicted molar refractivity (Wildman–Crippen MR) is 79.4 cm³/mol. The largest absolute Gasteiger partial charge is 0.384 e. The Morgan fingerprint density at radius 1 is 1.61 bits per heavy atom. The van der Waals surface area contributed by atoms with Crippen LogP contribution in [-0.4, -0.2) is 17.9 Å². The Balaban J connectivity index is 2.23. The van der Waals surface area contributed by atoms with Gasteiger partial charge in [0.25, 0.3) is 0 Å². The zero-order valence-electron chi connectivity index (χ0n) is 9.85. The molecule has 3 N–H and O–H groups in total. The molecule has 0 radical (unpaired) electrons. The molecule has 0 aliphatic heterocycles. The van der Waals surface area contributed by atoms with Gasteiger partial charge in [0.2, 0.25) is 0 Å². The van der Waals surface area contributed by atoms with Crippen molar-refractivity contribution < 1.29 is 0 Å². The molecule has 0 saturated heterocycles. The number of nitrogens with two attached hydrogens (primary N) is 1. The van der Waals surface area contributed by atoms with Crippen LogP contribution in [-0.2, 0) is 6.54 Å². The van der Waals surface area contributed by atoms with E-state index in [0.29, 0.717) is 5.56 Å². The van der Waals surface area contributed by atoms with E-state index >= 15 is 0 Å². The smallest absolute Gasteiger partial charge is 0.125 e. The fourth-order valence-corrected chi connectivity index (χ4v) is 3.18. The van der Waals surface area contributed by atoms with Gasteiger partial charge in [0, 0.05) is 33.5 Å². The normalized spacial score (nSPS) is 10.3. The highest BCUT2D eigenvalue weighted by Gasteiger charge is 2.10. The van der Waals surface area contributed by atoms with E-state index in [9.17, 15) is 0 Å². The van der Waals surface area contributed by atoms with Crippen molar-refractivity contribution in [3.8, 4) is 0 Å². The van der Waals surface area contributed by atoms with E-state index in [1.54, 1.807) is 29.8 Å². The summed E-state index contributed by atoms with van der Waals surface area (Å²) in [6, 6.07) is 3.85. The standard InChI is InChI=1S/C12H13BrN4S/c1-17(6-9-4-8(13)7-18-9)11-5-16-3-2-10(11)12(14)15/h2-5,7H,6H2,1H3,(H3,14,15). The van der Waals surface area contributed by atoms with Crippen molar-refractivity contribution >= 4 is 38.8 Å². The van der Waals surface area contributed by atoms with Gasteiger partial charge < -0.3 is 10.6 Å². The molecule has 2 rings (SSSR count). The fourth-order valence-electron chi connectivity index (χ4n) is 1.67. The van der Waals surface area contributed by atoms with Crippen molar-refractivity contribution in [3.05, 3.63) is 44.8 Å². The number of thiophene rings is 1. The summed E-state index contributed by atoms with van der Waals surface area (Å²) in [5.41, 5.74) is 7.15. The first kappa shape index (κ1) is 13.0. The lowest BCUT2D eigenvalue weighted by atomic mass is 10.2. The topological polar surface area (TPSA) is 66.0 Å². The fraction of sp³-hybridized carbons (Fsp3) is 0.167. The van der Waals surface area contributed by atoms with E-state index in [1.807, 2.05) is 11.9 Å². The molecule has 0 unspecified atom stereocenters. The molecule has 2 aromatic heterocycles. The van der Waals surface area contributed by atoms with Crippen LogP contribution in [0.5, 0.6) is 0 Å². The molecule has 0 atom stereocenters. The Hall–Kier alpha value is -1.40. The second-order valence-electron chi connectivity index (χ2n) is 3.89. The summed E-state index contributed by atoms with van der Waals surface area (Å²) in [4.78, 5) is 7.38. The first-order valence-electron chi connectivity index (χ1n) is 5.30. The van der Waals surface area contributed by atoms with E-state index in [-0.39, 0.29) is 5.84 Å². The molecule has 0 bridgehead atoms. The summed E-state index contributed by atoms with van der Waals surface area (Å²) in [6.45, 7) is 0.766. The number of hydrogen-bond acceptors (Lipinski definition) is 4. The average molecular weight is 325 g/mol. The molecule has 0 aromatic carbocycles. The number of anilines is 1. The maximum atomic E-state index is 7.57. The molecule has 18 heavy (non-hydrogen) atoms. The van der Waals surface area contributed by atoms with E-state index in [2.05, 4.69) is 32.4 Å². The van der Waals surface area contributed by atoms with Crippen molar-refractivity contribution in [1.29, 1.82) is 5.41 Å². The van der Waals surface area contributed by atoms with Crippen molar-refractivity contribution in [2.24, 2.45) is 5.73 Å². The number of pyridine rings is 1. The summed E-state index contributed by atoms with van der Waals surface area (Å²) in [5, 5.41) is 9.63. The van der Waals surface area contributed by atoms with Crippen LogP contribution in [0.3, 0.4) is 0 Å². The zero-order chi connectivity index (χ0) is 13.1. The minimum Gasteiger partial charge on any atom is -0.384 e. The number of halogens is 1. The van der Waals surface area contributed by atoms with Crippen molar-refractivity contribution in [2.45, 2.75) is 6.54 Å². The van der Waals surface area contributed by atoms with Crippen LogP contribution in [0.2, 0.25) is 0 Å². The monoisotopic (exact) mass is 324 g/mol. The van der Waals surface area contributed by atoms with Gasteiger partial charge in [-0.2, -0.15) is 0 Å². The van der Waals surface area contributed by atoms with Gasteiger partial charge in [-0.05, 0) is 28.1 Å². The molecule has 2 heterocycles. The lowest BCUT2D eigenvalue weighted by Gasteiger charge is -2.20. The first-order chi connectivity index (χ1) is 8.58. The summed E-state index contributed by atoms with van der Waals surface area (Å²) < 4.78 is 1.09. The van der Waals surface area contributed by atoms with Gasteiger partial charge in [0.05, 0.1) is 18.4 Å². The van der Waals surface area contributed by atoms with Gasteiger partial charge in [0.15, 0.2) is 0 Å². The summed E-state index contributed by atoms with van der Waals surface area (Å²) in [6.07, 6.45) is 3.38. The van der Waals surface area contributed by atoms with Gasteiger partial charge >= 0.3 is 0 Å². The van der Waals surface area contributed by atoms with Gasteiger partial charge in [-0.3, -0.25) is 10.4 Å². The Labute approximate surface area is 118 Å². The van der Waals surface area contributed by atoms with E-state index in [4.69, 9.17) is 11.1 Å². The SMILES string of the molecule is CN(Cc1cc(Br)cs1)c1cnccc1C(=N)N. The first-order valence-corrected chi connectivity index (χ1v) is 6.97. The summed E-state index contributed by atoms with van der Waals surface area (Å²) >= 11 is 5.13. The molecule has 0 aliphatic carbocycles. The van der Waals surface area contributed by atoms with E-state index < -0.39 is 0 Å². The average Bonchev–Trinajstić information content (AvgIpc) is 2.74.